The van der Waals surface area contributed by atoms with Crippen molar-refractivity contribution in [3.8, 4) is 0 Å². The minimum atomic E-state index is -1.15. The summed E-state index contributed by atoms with van der Waals surface area (Å²) in [6, 6.07) is 11.1. The van der Waals surface area contributed by atoms with Crippen molar-refractivity contribution in [1.82, 2.24) is 0 Å². The molecule has 2 rings (SSSR count). The van der Waals surface area contributed by atoms with Crippen LogP contribution in [0.25, 0.3) is 0 Å². The van der Waals surface area contributed by atoms with Crippen LogP contribution in [0.3, 0.4) is 0 Å². The molecule has 27 heavy (non-hydrogen) atoms. The van der Waals surface area contributed by atoms with Crippen molar-refractivity contribution in [3.63, 3.8) is 0 Å². The van der Waals surface area contributed by atoms with Gasteiger partial charge in [0.2, 0.25) is 5.91 Å². The molecule has 0 aliphatic heterocycles. The number of benzene rings is 2. The molecule has 0 fully saturated rings. The summed E-state index contributed by atoms with van der Waals surface area (Å²) in [7, 11) is 0. The molecule has 10 nitrogen and oxygen atoms in total. The van der Waals surface area contributed by atoms with Gasteiger partial charge >= 0.3 is 5.97 Å². The molecule has 0 spiro atoms. The number of nitro benzene ring substituents is 1. The molecule has 0 aliphatic rings. The van der Waals surface area contributed by atoms with E-state index in [4.69, 9.17) is 10.8 Å². The third-order valence-electron chi connectivity index (χ3n) is 3.49. The molecule has 0 aromatic heterocycles. The van der Waals surface area contributed by atoms with E-state index in [2.05, 4.69) is 15.5 Å². The van der Waals surface area contributed by atoms with Crippen LogP contribution < -0.4 is 11.1 Å². The second-order valence-electron chi connectivity index (χ2n) is 5.55. The van der Waals surface area contributed by atoms with Crippen LogP contribution in [0, 0.1) is 10.1 Å². The highest BCUT2D eigenvalue weighted by Crippen LogP contribution is 2.22. The third kappa shape index (κ3) is 6.29. The first-order valence-electron chi connectivity index (χ1n) is 7.89. The summed E-state index contributed by atoms with van der Waals surface area (Å²) >= 11 is 0. The van der Waals surface area contributed by atoms with E-state index >= 15 is 0 Å². The fourth-order valence-corrected chi connectivity index (χ4v) is 2.00. The molecule has 1 atom stereocenters. The molecule has 4 N–H and O–H groups in total. The first-order valence-corrected chi connectivity index (χ1v) is 7.89. The van der Waals surface area contributed by atoms with Gasteiger partial charge in [-0.05, 0) is 42.8 Å². The predicted octanol–water partition coefficient (Wildman–Crippen LogP) is 3.14. The number of nitrogens with zero attached hydrogens (tertiary/aromatic N) is 3. The fourth-order valence-electron chi connectivity index (χ4n) is 2.00. The van der Waals surface area contributed by atoms with E-state index in [1.165, 1.54) is 24.3 Å². The average Bonchev–Trinajstić information content (AvgIpc) is 2.65. The number of amides is 1. The average molecular weight is 371 g/mol. The molecule has 0 saturated heterocycles. The number of hydrogen-bond donors (Lipinski definition) is 3. The number of non-ortho nitro benzene ring substituents is 1. The van der Waals surface area contributed by atoms with Gasteiger partial charge in [0.1, 0.15) is 6.04 Å². The molecule has 0 aliphatic carbocycles. The number of nitrogens with two attached hydrogens (primary N) is 1. The second-order valence-corrected chi connectivity index (χ2v) is 5.55. The van der Waals surface area contributed by atoms with E-state index in [1.54, 1.807) is 24.3 Å². The maximum Gasteiger partial charge on any atom is 0.320 e. The van der Waals surface area contributed by atoms with Gasteiger partial charge in [-0.25, -0.2) is 0 Å². The molecule has 1 unspecified atom stereocenters. The van der Waals surface area contributed by atoms with Crippen molar-refractivity contribution in [2.75, 3.05) is 5.32 Å². The van der Waals surface area contributed by atoms with Crippen LogP contribution in [0.4, 0.5) is 22.7 Å². The highest BCUT2D eigenvalue weighted by Gasteiger charge is 2.13. The molecule has 0 radical (unpaired) electrons. The maximum absolute atomic E-state index is 11.8. The van der Waals surface area contributed by atoms with Crippen LogP contribution >= 0.6 is 0 Å². The second kappa shape index (κ2) is 9.15. The molecule has 10 heteroatoms. The quantitative estimate of drug-likeness (QED) is 0.367. The molecule has 0 bridgehead atoms. The van der Waals surface area contributed by atoms with Gasteiger partial charge in [-0.15, -0.1) is 0 Å². The lowest BCUT2D eigenvalue weighted by molar-refractivity contribution is -0.384. The summed E-state index contributed by atoms with van der Waals surface area (Å²) in [6.45, 7) is 0. The Kier molecular flexibility index (Phi) is 6.67. The van der Waals surface area contributed by atoms with E-state index in [-0.39, 0.29) is 24.4 Å². The third-order valence-corrected chi connectivity index (χ3v) is 3.49. The van der Waals surface area contributed by atoms with Crippen LogP contribution in [0.1, 0.15) is 12.8 Å². The number of aliphatic carboxylic acids is 1. The standard InChI is InChI=1S/C17H17N5O5/c18-15(17(24)25)9-10-16(23)19-11-1-3-12(4-2-11)20-21-13-5-7-14(8-6-13)22(26)27/h1-8,15H,9-10,18H2,(H,19,23)(H,24,25)/b21-20+. The van der Waals surface area contributed by atoms with Gasteiger partial charge in [-0.1, -0.05) is 0 Å². The smallest absolute Gasteiger partial charge is 0.320 e. The highest BCUT2D eigenvalue weighted by molar-refractivity contribution is 5.91. The molecule has 0 heterocycles. The molecule has 2 aromatic rings. The molecule has 2 aromatic carbocycles. The van der Waals surface area contributed by atoms with Gasteiger partial charge in [0, 0.05) is 24.2 Å². The Morgan fingerprint density at radius 2 is 1.59 bits per heavy atom. The van der Waals surface area contributed by atoms with Crippen molar-refractivity contribution in [1.29, 1.82) is 0 Å². The van der Waals surface area contributed by atoms with Crippen LogP contribution in [0.5, 0.6) is 0 Å². The first kappa shape index (κ1) is 19.7. The maximum atomic E-state index is 11.8. The molecular weight excluding hydrogens is 354 g/mol. The summed E-state index contributed by atoms with van der Waals surface area (Å²) in [5, 5.41) is 29.9. The number of nitro groups is 1. The Morgan fingerprint density at radius 1 is 1.07 bits per heavy atom. The lowest BCUT2D eigenvalue weighted by Crippen LogP contribution is -2.31. The molecule has 0 saturated carbocycles. The highest BCUT2D eigenvalue weighted by atomic mass is 16.6. The molecule has 140 valence electrons. The molecule has 1 amide bonds. The number of hydrogen-bond acceptors (Lipinski definition) is 7. The predicted molar refractivity (Wildman–Crippen MR) is 97.2 cm³/mol. The Bertz CT molecular complexity index is 849. The van der Waals surface area contributed by atoms with Crippen molar-refractivity contribution in [3.05, 3.63) is 58.6 Å². The summed E-state index contributed by atoms with van der Waals surface area (Å²) in [4.78, 5) is 32.5. The van der Waals surface area contributed by atoms with Crippen molar-refractivity contribution in [2.24, 2.45) is 16.0 Å². The minimum Gasteiger partial charge on any atom is -0.480 e. The Labute approximate surface area is 153 Å². The fraction of sp³-hybridized carbons (Fsp3) is 0.176. The summed E-state index contributed by atoms with van der Waals surface area (Å²) in [5.74, 6) is -1.49. The van der Waals surface area contributed by atoms with E-state index < -0.39 is 16.9 Å². The van der Waals surface area contributed by atoms with Gasteiger partial charge in [-0.2, -0.15) is 10.2 Å². The van der Waals surface area contributed by atoms with Gasteiger partial charge < -0.3 is 16.2 Å². The number of carboxylic acids is 1. The van der Waals surface area contributed by atoms with E-state index in [1.807, 2.05) is 0 Å². The zero-order chi connectivity index (χ0) is 19.8. The summed E-state index contributed by atoms with van der Waals surface area (Å²) < 4.78 is 0. The van der Waals surface area contributed by atoms with Gasteiger partial charge in [0.15, 0.2) is 0 Å². The molecular formula is C17H17N5O5. The Hall–Kier alpha value is -3.66. The number of anilines is 1. The first-order chi connectivity index (χ1) is 12.8. The number of rotatable bonds is 8. The lowest BCUT2D eigenvalue weighted by atomic mass is 10.1. The van der Waals surface area contributed by atoms with Gasteiger partial charge in [0.05, 0.1) is 16.3 Å². The topological polar surface area (TPSA) is 160 Å². The monoisotopic (exact) mass is 371 g/mol. The van der Waals surface area contributed by atoms with Crippen molar-refractivity contribution in [2.45, 2.75) is 18.9 Å². The summed E-state index contributed by atoms with van der Waals surface area (Å²) in [5.41, 5.74) is 6.84. The zero-order valence-corrected chi connectivity index (χ0v) is 14.1. The number of carbonyl (C=O) groups is 2. The van der Waals surface area contributed by atoms with Crippen LogP contribution in [0.2, 0.25) is 0 Å². The number of azo groups is 1. The van der Waals surface area contributed by atoms with Crippen LogP contribution in [-0.2, 0) is 9.59 Å². The van der Waals surface area contributed by atoms with Crippen molar-refractivity contribution >= 4 is 34.6 Å². The Balaban J connectivity index is 1.89. The summed E-state index contributed by atoms with van der Waals surface area (Å²) in [6.07, 6.45) is 0.0395. The SMILES string of the molecule is NC(CCC(=O)Nc1ccc(/N=N/c2ccc([N+](=O)[O-])cc2)cc1)C(=O)O. The number of nitrogens with one attached hydrogen (secondary N) is 1. The largest absolute Gasteiger partial charge is 0.480 e. The lowest BCUT2D eigenvalue weighted by Gasteiger charge is -2.07. The van der Waals surface area contributed by atoms with E-state index in [0.29, 0.717) is 17.1 Å². The normalized spacial score (nSPS) is 11.9. The minimum absolute atomic E-state index is 0.00489. The van der Waals surface area contributed by atoms with E-state index in [9.17, 15) is 19.7 Å². The zero-order valence-electron chi connectivity index (χ0n) is 14.1. The number of carboxylic acid groups (broad SMARTS) is 1. The van der Waals surface area contributed by atoms with E-state index in [0.717, 1.165) is 0 Å². The van der Waals surface area contributed by atoms with Crippen LogP contribution in [0.15, 0.2) is 58.8 Å². The number of carbonyl (C=O) groups excluding carboxylic acids is 1. The van der Waals surface area contributed by atoms with Gasteiger partial charge in [0.25, 0.3) is 5.69 Å². The van der Waals surface area contributed by atoms with Crippen LogP contribution in [-0.4, -0.2) is 27.9 Å². The van der Waals surface area contributed by atoms with Gasteiger partial charge in [-0.3, -0.25) is 19.7 Å². The Morgan fingerprint density at radius 3 is 2.07 bits per heavy atom. The van der Waals surface area contributed by atoms with Crippen molar-refractivity contribution < 1.29 is 19.6 Å².